The fourth-order valence-corrected chi connectivity index (χ4v) is 6.26. The molecule has 2 N–H and O–H groups in total. The lowest BCUT2D eigenvalue weighted by Gasteiger charge is -2.66. The van der Waals surface area contributed by atoms with Gasteiger partial charge in [0.25, 0.3) is 0 Å². The zero-order chi connectivity index (χ0) is 15.5. The predicted octanol–water partition coefficient (Wildman–Crippen LogP) is -0.394. The van der Waals surface area contributed by atoms with Crippen LogP contribution in [0.2, 0.25) is 0 Å². The van der Waals surface area contributed by atoms with Gasteiger partial charge in [-0.25, -0.2) is 0 Å². The summed E-state index contributed by atoms with van der Waals surface area (Å²) in [5.41, 5.74) is 0.569. The van der Waals surface area contributed by atoms with Crippen molar-refractivity contribution in [3.05, 3.63) is 11.6 Å². The molecule has 0 spiro atoms. The largest absolute Gasteiger partial charge is 0.296 e. The molecule has 114 valence electrons. The molecule has 22 heavy (non-hydrogen) atoms. The molecule has 2 saturated carbocycles. The van der Waals surface area contributed by atoms with Crippen LogP contribution in [0.15, 0.2) is 11.6 Å². The maximum absolute atomic E-state index is 12.3. The molecule has 6 nitrogen and oxygen atoms in total. The number of amides is 4. The second-order valence-corrected chi connectivity index (χ2v) is 7.57. The Hall–Kier alpha value is -1.98. The molecule has 4 amide bonds. The molecule has 2 saturated heterocycles. The van der Waals surface area contributed by atoms with Gasteiger partial charge in [0.15, 0.2) is 0 Å². The molecular formula is C16H16N2O4. The van der Waals surface area contributed by atoms with Gasteiger partial charge >= 0.3 is 0 Å². The summed E-state index contributed by atoms with van der Waals surface area (Å²) in [7, 11) is 0. The Bertz CT molecular complexity index is 726. The fraction of sp³-hybridized carbons (Fsp3) is 0.625. The summed E-state index contributed by atoms with van der Waals surface area (Å²) in [6.45, 7) is 3.98. The van der Waals surface area contributed by atoms with E-state index in [-0.39, 0.29) is 59.1 Å². The van der Waals surface area contributed by atoms with Crippen LogP contribution in [0, 0.1) is 46.8 Å². The Morgan fingerprint density at radius 1 is 0.909 bits per heavy atom. The molecule has 6 aliphatic rings. The van der Waals surface area contributed by atoms with Crippen molar-refractivity contribution in [2.24, 2.45) is 46.8 Å². The van der Waals surface area contributed by atoms with Crippen molar-refractivity contribution in [3.63, 3.8) is 0 Å². The summed E-state index contributed by atoms with van der Waals surface area (Å²) in [5.74, 6) is -2.43. The van der Waals surface area contributed by atoms with Gasteiger partial charge in [0.2, 0.25) is 23.6 Å². The van der Waals surface area contributed by atoms with E-state index in [0.29, 0.717) is 0 Å². The Morgan fingerprint density at radius 3 is 2.23 bits per heavy atom. The maximum atomic E-state index is 12.3. The first-order valence-electron chi connectivity index (χ1n) is 7.75. The van der Waals surface area contributed by atoms with Crippen LogP contribution in [-0.4, -0.2) is 23.6 Å². The number of rotatable bonds is 0. The van der Waals surface area contributed by atoms with E-state index in [4.69, 9.17) is 0 Å². The van der Waals surface area contributed by atoms with Gasteiger partial charge in [-0.15, -0.1) is 0 Å². The average Bonchev–Trinajstić information content (AvgIpc) is 2.80. The first-order chi connectivity index (χ1) is 10.4. The van der Waals surface area contributed by atoms with Crippen molar-refractivity contribution in [1.29, 1.82) is 0 Å². The van der Waals surface area contributed by atoms with Gasteiger partial charge < -0.3 is 0 Å². The molecule has 0 aromatic rings. The fourth-order valence-electron chi connectivity index (χ4n) is 6.26. The summed E-state index contributed by atoms with van der Waals surface area (Å²) in [6.07, 6.45) is 2.08. The van der Waals surface area contributed by atoms with Gasteiger partial charge in [0.1, 0.15) is 0 Å². The van der Waals surface area contributed by atoms with Gasteiger partial charge in [-0.05, 0) is 24.7 Å². The number of carbonyl (C=O) groups excluding carboxylic acids is 4. The average molecular weight is 300 g/mol. The van der Waals surface area contributed by atoms with Crippen LogP contribution in [0.3, 0.4) is 0 Å². The third kappa shape index (κ3) is 1.01. The summed E-state index contributed by atoms with van der Waals surface area (Å²) in [4.78, 5) is 48.8. The molecule has 0 aromatic heterocycles. The molecule has 8 atom stereocenters. The quantitative estimate of drug-likeness (QED) is 0.470. The van der Waals surface area contributed by atoms with E-state index in [1.54, 1.807) is 0 Å². The lowest BCUT2D eigenvalue weighted by atomic mass is 9.34. The number of nitrogens with one attached hydrogen (secondary N) is 2. The standard InChI is InChI=1S/C16H16N2O4/c1-4-3-5-6-8-9(14(21)17-13(8)20)10(6)16(4,2)11-7(5)12(19)18-15(11)22/h3,5-11H,1-2H3,(H,17,20,21)(H,18,19,22). The van der Waals surface area contributed by atoms with E-state index in [0.717, 1.165) is 5.57 Å². The maximum Gasteiger partial charge on any atom is 0.231 e. The van der Waals surface area contributed by atoms with Crippen molar-refractivity contribution in [1.82, 2.24) is 10.6 Å². The number of allylic oxidation sites excluding steroid dienone is 2. The van der Waals surface area contributed by atoms with E-state index in [2.05, 4.69) is 16.7 Å². The van der Waals surface area contributed by atoms with Crippen molar-refractivity contribution in [2.75, 3.05) is 0 Å². The smallest absolute Gasteiger partial charge is 0.231 e. The van der Waals surface area contributed by atoms with E-state index in [9.17, 15) is 19.2 Å². The minimum Gasteiger partial charge on any atom is -0.296 e. The van der Waals surface area contributed by atoms with Gasteiger partial charge in [-0.3, -0.25) is 29.8 Å². The second kappa shape index (κ2) is 3.34. The molecule has 4 fully saturated rings. The highest BCUT2D eigenvalue weighted by atomic mass is 16.2. The third-order valence-electron chi connectivity index (χ3n) is 7.14. The third-order valence-corrected chi connectivity index (χ3v) is 7.14. The first kappa shape index (κ1) is 12.6. The number of hydrogen-bond donors (Lipinski definition) is 2. The highest BCUT2D eigenvalue weighted by molar-refractivity contribution is 6.09. The Morgan fingerprint density at radius 2 is 1.50 bits per heavy atom. The molecular weight excluding hydrogens is 284 g/mol. The van der Waals surface area contributed by atoms with Crippen LogP contribution in [0.4, 0.5) is 0 Å². The van der Waals surface area contributed by atoms with E-state index in [1.807, 2.05) is 13.8 Å². The highest BCUT2D eigenvalue weighted by Crippen LogP contribution is 2.72. The monoisotopic (exact) mass is 300 g/mol. The molecule has 2 heterocycles. The Balaban J connectivity index is 1.72. The number of imide groups is 2. The van der Waals surface area contributed by atoms with E-state index in [1.165, 1.54) is 0 Å². The van der Waals surface area contributed by atoms with Crippen LogP contribution < -0.4 is 10.6 Å². The minimum atomic E-state index is -0.510. The Kier molecular flexibility index (Phi) is 1.90. The van der Waals surface area contributed by atoms with Crippen LogP contribution in [0.5, 0.6) is 0 Å². The van der Waals surface area contributed by atoms with Crippen LogP contribution in [0.1, 0.15) is 13.8 Å². The molecule has 0 aromatic carbocycles. The van der Waals surface area contributed by atoms with Crippen LogP contribution in [-0.2, 0) is 19.2 Å². The molecule has 6 heteroatoms. The SMILES string of the molecule is CC1=CC2C3C(=O)NC(=O)C3C1(C)C1C3C(=O)NC(=O)C3C21. The predicted molar refractivity (Wildman–Crippen MR) is 72.6 cm³/mol. The lowest BCUT2D eigenvalue weighted by Crippen LogP contribution is -2.68. The molecule has 2 bridgehead atoms. The van der Waals surface area contributed by atoms with Crippen molar-refractivity contribution in [3.8, 4) is 0 Å². The molecule has 8 unspecified atom stereocenters. The molecule has 2 aliphatic heterocycles. The van der Waals surface area contributed by atoms with Gasteiger partial charge in [0.05, 0.1) is 23.7 Å². The van der Waals surface area contributed by atoms with Crippen LogP contribution >= 0.6 is 0 Å². The van der Waals surface area contributed by atoms with Crippen LogP contribution in [0.25, 0.3) is 0 Å². The Labute approximate surface area is 126 Å². The number of fused-ring (bicyclic) bond motifs is 1. The normalized spacial score (nSPS) is 54.1. The highest BCUT2D eigenvalue weighted by Gasteiger charge is 2.77. The van der Waals surface area contributed by atoms with E-state index < -0.39 is 11.3 Å². The van der Waals surface area contributed by atoms with E-state index >= 15 is 0 Å². The summed E-state index contributed by atoms with van der Waals surface area (Å²) in [6, 6.07) is 0. The van der Waals surface area contributed by atoms with Gasteiger partial charge in [0, 0.05) is 5.41 Å². The minimum absolute atomic E-state index is 0.00282. The van der Waals surface area contributed by atoms with Gasteiger partial charge in [-0.2, -0.15) is 0 Å². The van der Waals surface area contributed by atoms with Crippen molar-refractivity contribution >= 4 is 23.6 Å². The first-order valence-corrected chi connectivity index (χ1v) is 7.75. The van der Waals surface area contributed by atoms with Crippen molar-refractivity contribution in [2.45, 2.75) is 13.8 Å². The zero-order valence-electron chi connectivity index (χ0n) is 12.3. The molecule has 0 radical (unpaired) electrons. The number of carbonyl (C=O) groups is 4. The topological polar surface area (TPSA) is 92.3 Å². The molecule has 6 rings (SSSR count). The summed E-state index contributed by atoms with van der Waals surface area (Å²) < 4.78 is 0. The lowest BCUT2D eigenvalue weighted by molar-refractivity contribution is -0.188. The number of hydrogen-bond acceptors (Lipinski definition) is 4. The molecule has 4 aliphatic carbocycles. The summed E-state index contributed by atoms with van der Waals surface area (Å²) in [5, 5.41) is 4.90. The second-order valence-electron chi connectivity index (χ2n) is 7.57. The van der Waals surface area contributed by atoms with Gasteiger partial charge in [-0.1, -0.05) is 18.6 Å². The summed E-state index contributed by atoms with van der Waals surface area (Å²) >= 11 is 0. The van der Waals surface area contributed by atoms with Crippen molar-refractivity contribution < 1.29 is 19.2 Å². The zero-order valence-corrected chi connectivity index (χ0v) is 12.3.